The van der Waals surface area contributed by atoms with Gasteiger partial charge in [0.2, 0.25) is 0 Å². The fraction of sp³-hybridized carbons (Fsp3) is 0.357. The average molecular weight is 230 g/mol. The summed E-state index contributed by atoms with van der Waals surface area (Å²) in [5, 5.41) is 4.15. The van der Waals surface area contributed by atoms with E-state index < -0.39 is 0 Å². The Labute approximate surface area is 102 Å². The zero-order chi connectivity index (χ0) is 12.1. The summed E-state index contributed by atoms with van der Waals surface area (Å²) in [5.74, 6) is 0.961. The lowest BCUT2D eigenvalue weighted by Gasteiger charge is -2.08. The number of aromatic nitrogens is 2. The van der Waals surface area contributed by atoms with Crippen molar-refractivity contribution < 1.29 is 4.74 Å². The third-order valence-corrected chi connectivity index (χ3v) is 2.55. The van der Waals surface area contributed by atoms with Gasteiger partial charge >= 0.3 is 0 Å². The third kappa shape index (κ3) is 3.63. The maximum absolute atomic E-state index is 5.72. The Morgan fingerprint density at radius 1 is 1.18 bits per heavy atom. The number of aryl methyl sites for hydroxylation is 3. The molecule has 2 aromatic rings. The number of hydrogen-bond donors (Lipinski definition) is 0. The molecule has 1 aromatic heterocycles. The second-order valence-corrected chi connectivity index (χ2v) is 4.29. The number of rotatable bonds is 5. The van der Waals surface area contributed by atoms with Gasteiger partial charge in [-0.15, -0.1) is 0 Å². The molecule has 1 aromatic carbocycles. The lowest BCUT2D eigenvalue weighted by molar-refractivity contribution is 0.298. The second kappa shape index (κ2) is 5.53. The van der Waals surface area contributed by atoms with Crippen LogP contribution < -0.4 is 4.74 Å². The summed E-state index contributed by atoms with van der Waals surface area (Å²) in [6.07, 6.45) is 4.73. The molecule has 3 heteroatoms. The summed E-state index contributed by atoms with van der Waals surface area (Å²) in [6.45, 7) is 5.80. The molecule has 0 unspecified atom stereocenters. The van der Waals surface area contributed by atoms with Crippen LogP contribution in [0, 0.1) is 13.8 Å². The van der Waals surface area contributed by atoms with Crippen LogP contribution in [-0.2, 0) is 6.54 Å². The Bertz CT molecular complexity index is 443. The van der Waals surface area contributed by atoms with Crippen molar-refractivity contribution in [1.29, 1.82) is 0 Å². The van der Waals surface area contributed by atoms with Crippen LogP contribution in [0.2, 0.25) is 0 Å². The van der Waals surface area contributed by atoms with E-state index in [-0.39, 0.29) is 0 Å². The Kier molecular flexibility index (Phi) is 3.81. The minimum atomic E-state index is 0.725. The van der Waals surface area contributed by atoms with E-state index in [1.165, 1.54) is 11.1 Å². The molecule has 90 valence electrons. The van der Waals surface area contributed by atoms with Crippen molar-refractivity contribution >= 4 is 0 Å². The van der Waals surface area contributed by atoms with E-state index >= 15 is 0 Å². The van der Waals surface area contributed by atoms with Crippen molar-refractivity contribution in [1.82, 2.24) is 9.78 Å². The van der Waals surface area contributed by atoms with Crippen molar-refractivity contribution in [3.8, 4) is 5.75 Å². The highest BCUT2D eigenvalue weighted by molar-refractivity contribution is 5.32. The van der Waals surface area contributed by atoms with Crippen molar-refractivity contribution in [2.75, 3.05) is 6.61 Å². The summed E-state index contributed by atoms with van der Waals surface area (Å²) in [7, 11) is 0. The second-order valence-electron chi connectivity index (χ2n) is 4.29. The van der Waals surface area contributed by atoms with Crippen LogP contribution in [0.15, 0.2) is 36.7 Å². The molecule has 0 N–H and O–H groups in total. The van der Waals surface area contributed by atoms with Crippen molar-refractivity contribution in [3.05, 3.63) is 47.8 Å². The lowest BCUT2D eigenvalue weighted by Crippen LogP contribution is -2.05. The molecule has 0 aliphatic carbocycles. The highest BCUT2D eigenvalue weighted by Gasteiger charge is 1.97. The predicted octanol–water partition coefficient (Wildman–Crippen LogP) is 2.97. The minimum absolute atomic E-state index is 0.725. The Morgan fingerprint density at radius 3 is 2.59 bits per heavy atom. The van der Waals surface area contributed by atoms with Gasteiger partial charge in [-0.05, 0) is 43.2 Å². The normalized spacial score (nSPS) is 10.5. The molecule has 0 spiro atoms. The van der Waals surface area contributed by atoms with Crippen LogP contribution in [0.25, 0.3) is 0 Å². The van der Waals surface area contributed by atoms with Crippen molar-refractivity contribution in [2.24, 2.45) is 0 Å². The Balaban J connectivity index is 1.78. The summed E-state index contributed by atoms with van der Waals surface area (Å²) < 4.78 is 7.65. The van der Waals surface area contributed by atoms with E-state index in [9.17, 15) is 0 Å². The molecular weight excluding hydrogens is 212 g/mol. The Morgan fingerprint density at radius 2 is 1.94 bits per heavy atom. The van der Waals surface area contributed by atoms with Crippen LogP contribution in [-0.4, -0.2) is 16.4 Å². The zero-order valence-electron chi connectivity index (χ0n) is 10.4. The molecule has 17 heavy (non-hydrogen) atoms. The van der Waals surface area contributed by atoms with Crippen molar-refractivity contribution in [2.45, 2.75) is 26.8 Å². The molecule has 0 aliphatic heterocycles. The molecular formula is C14H18N2O. The van der Waals surface area contributed by atoms with E-state index in [1.54, 1.807) is 6.20 Å². The van der Waals surface area contributed by atoms with Gasteiger partial charge in [-0.2, -0.15) is 5.10 Å². The van der Waals surface area contributed by atoms with Gasteiger partial charge in [-0.1, -0.05) is 6.07 Å². The third-order valence-electron chi connectivity index (χ3n) is 2.55. The molecule has 1 heterocycles. The van der Waals surface area contributed by atoms with Gasteiger partial charge in [0.05, 0.1) is 6.61 Å². The number of hydrogen-bond acceptors (Lipinski definition) is 2. The maximum atomic E-state index is 5.72. The molecule has 0 atom stereocenters. The zero-order valence-corrected chi connectivity index (χ0v) is 10.4. The van der Waals surface area contributed by atoms with E-state index in [1.807, 2.05) is 16.9 Å². The van der Waals surface area contributed by atoms with Crippen LogP contribution in [0.3, 0.4) is 0 Å². The SMILES string of the molecule is Cc1cc(C)cc(OCCCn2cccn2)c1. The van der Waals surface area contributed by atoms with Crippen LogP contribution in [0.4, 0.5) is 0 Å². The summed E-state index contributed by atoms with van der Waals surface area (Å²) in [5.41, 5.74) is 2.49. The van der Waals surface area contributed by atoms with Crippen LogP contribution in [0.1, 0.15) is 17.5 Å². The van der Waals surface area contributed by atoms with Crippen LogP contribution >= 0.6 is 0 Å². The summed E-state index contributed by atoms with van der Waals surface area (Å²) >= 11 is 0. The molecule has 0 radical (unpaired) electrons. The first-order chi connectivity index (χ1) is 8.24. The highest BCUT2D eigenvalue weighted by Crippen LogP contribution is 2.16. The quantitative estimate of drug-likeness (QED) is 0.738. The topological polar surface area (TPSA) is 27.1 Å². The van der Waals surface area contributed by atoms with Gasteiger partial charge in [-0.25, -0.2) is 0 Å². The number of nitrogens with zero attached hydrogens (tertiary/aromatic N) is 2. The highest BCUT2D eigenvalue weighted by atomic mass is 16.5. The van der Waals surface area contributed by atoms with Gasteiger partial charge < -0.3 is 4.74 Å². The lowest BCUT2D eigenvalue weighted by atomic mass is 10.1. The predicted molar refractivity (Wildman–Crippen MR) is 68.3 cm³/mol. The van der Waals surface area contributed by atoms with E-state index in [0.29, 0.717) is 0 Å². The summed E-state index contributed by atoms with van der Waals surface area (Å²) in [4.78, 5) is 0. The first-order valence-electron chi connectivity index (χ1n) is 5.92. The molecule has 3 nitrogen and oxygen atoms in total. The number of benzene rings is 1. The first kappa shape index (κ1) is 11.7. The van der Waals surface area contributed by atoms with Crippen LogP contribution in [0.5, 0.6) is 5.75 Å². The molecule has 0 fully saturated rings. The van der Waals surface area contributed by atoms with Gasteiger partial charge in [0, 0.05) is 25.4 Å². The largest absolute Gasteiger partial charge is 0.494 e. The fourth-order valence-corrected chi connectivity index (χ4v) is 1.87. The fourth-order valence-electron chi connectivity index (χ4n) is 1.87. The molecule has 0 bridgehead atoms. The molecule has 0 saturated heterocycles. The van der Waals surface area contributed by atoms with Gasteiger partial charge in [0.25, 0.3) is 0 Å². The maximum Gasteiger partial charge on any atom is 0.119 e. The van der Waals surface area contributed by atoms with Gasteiger partial charge in [-0.3, -0.25) is 4.68 Å². The average Bonchev–Trinajstić information content (AvgIpc) is 2.76. The molecule has 0 amide bonds. The molecule has 2 rings (SSSR count). The standard InChI is InChI=1S/C14H18N2O/c1-12-9-13(2)11-14(10-12)17-8-4-7-16-6-3-5-15-16/h3,5-6,9-11H,4,7-8H2,1-2H3. The monoisotopic (exact) mass is 230 g/mol. The smallest absolute Gasteiger partial charge is 0.119 e. The van der Waals surface area contributed by atoms with E-state index in [4.69, 9.17) is 4.74 Å². The Hall–Kier alpha value is -1.77. The van der Waals surface area contributed by atoms with Gasteiger partial charge in [0.15, 0.2) is 0 Å². The molecule has 0 saturated carbocycles. The van der Waals surface area contributed by atoms with Gasteiger partial charge in [0.1, 0.15) is 5.75 Å². The van der Waals surface area contributed by atoms with E-state index in [0.717, 1.165) is 25.3 Å². The minimum Gasteiger partial charge on any atom is -0.494 e. The van der Waals surface area contributed by atoms with E-state index in [2.05, 4.69) is 37.1 Å². The van der Waals surface area contributed by atoms with Crippen molar-refractivity contribution in [3.63, 3.8) is 0 Å². The summed E-state index contributed by atoms with van der Waals surface area (Å²) in [6, 6.07) is 8.23. The molecule has 0 aliphatic rings. The first-order valence-corrected chi connectivity index (χ1v) is 5.92. The number of ether oxygens (including phenoxy) is 1.